The van der Waals surface area contributed by atoms with E-state index in [0.717, 1.165) is 33.8 Å². The van der Waals surface area contributed by atoms with Gasteiger partial charge in [-0.15, -0.1) is 11.3 Å². The number of fused-ring (bicyclic) bond motifs is 10. The molecule has 2 nitrogen and oxygen atoms in total. The molecular formula is C45H28N2S. The monoisotopic (exact) mass is 628 g/mol. The van der Waals surface area contributed by atoms with Gasteiger partial charge in [-0.25, -0.2) is 4.98 Å². The normalized spacial score (nSPS) is 11.8. The molecule has 0 aliphatic rings. The van der Waals surface area contributed by atoms with Crippen LogP contribution in [0.25, 0.3) is 92.8 Å². The third kappa shape index (κ3) is 4.15. The van der Waals surface area contributed by atoms with Gasteiger partial charge >= 0.3 is 0 Å². The van der Waals surface area contributed by atoms with Crippen LogP contribution in [0.15, 0.2) is 169 Å². The van der Waals surface area contributed by atoms with Crippen molar-refractivity contribution in [2.75, 3.05) is 0 Å². The standard InChI is InChI=1S/C45H28N2S/c1-3-11-29(12-4-1)33-27-39(30-13-5-2-6-14-30)46-40(28-33)31-19-22-34(23-20-31)47-41-24-21-32-25-26-48-45(32)43(41)42-37-17-9-7-15-35(37)36-16-8-10-18-38(36)44(42)47/h1-28H. The van der Waals surface area contributed by atoms with Gasteiger partial charge in [0.2, 0.25) is 0 Å². The van der Waals surface area contributed by atoms with Crippen LogP contribution in [-0.4, -0.2) is 9.55 Å². The van der Waals surface area contributed by atoms with Crippen molar-refractivity contribution in [2.24, 2.45) is 0 Å². The molecular weight excluding hydrogens is 601 g/mol. The summed E-state index contributed by atoms with van der Waals surface area (Å²) in [5.74, 6) is 0. The molecule has 10 rings (SSSR count). The first-order valence-corrected chi connectivity index (χ1v) is 17.2. The second-order valence-electron chi connectivity index (χ2n) is 12.4. The number of hydrogen-bond donors (Lipinski definition) is 0. The maximum absolute atomic E-state index is 5.19. The van der Waals surface area contributed by atoms with Gasteiger partial charge in [0.15, 0.2) is 0 Å². The Balaban J connectivity index is 1.22. The molecule has 48 heavy (non-hydrogen) atoms. The molecule has 0 amide bonds. The molecule has 0 spiro atoms. The summed E-state index contributed by atoms with van der Waals surface area (Å²) in [5.41, 5.74) is 10.1. The summed E-state index contributed by atoms with van der Waals surface area (Å²) in [6, 6.07) is 59.0. The second kappa shape index (κ2) is 10.8. The smallest absolute Gasteiger partial charge is 0.0715 e. The lowest BCUT2D eigenvalue weighted by atomic mass is 9.96. The molecule has 10 aromatic rings. The van der Waals surface area contributed by atoms with Gasteiger partial charge in [0.25, 0.3) is 0 Å². The Labute approximate surface area is 281 Å². The fourth-order valence-electron chi connectivity index (χ4n) is 7.46. The minimum Gasteiger partial charge on any atom is -0.309 e. The molecule has 0 bridgehead atoms. The number of hydrogen-bond acceptors (Lipinski definition) is 2. The van der Waals surface area contributed by atoms with Crippen molar-refractivity contribution < 1.29 is 0 Å². The first-order valence-electron chi connectivity index (χ1n) is 16.3. The molecule has 0 N–H and O–H groups in total. The van der Waals surface area contributed by atoms with Gasteiger partial charge in [0.05, 0.1) is 22.4 Å². The van der Waals surface area contributed by atoms with E-state index in [1.54, 1.807) is 0 Å². The lowest BCUT2D eigenvalue weighted by Crippen LogP contribution is -1.96. The fourth-order valence-corrected chi connectivity index (χ4v) is 8.41. The predicted molar refractivity (Wildman–Crippen MR) is 205 cm³/mol. The predicted octanol–water partition coefficient (Wildman–Crippen LogP) is 12.7. The van der Waals surface area contributed by atoms with Crippen LogP contribution < -0.4 is 0 Å². The van der Waals surface area contributed by atoms with Crippen LogP contribution in [0, 0.1) is 0 Å². The van der Waals surface area contributed by atoms with E-state index in [-0.39, 0.29) is 0 Å². The van der Waals surface area contributed by atoms with Crippen molar-refractivity contribution in [1.29, 1.82) is 0 Å². The molecule has 0 aliphatic carbocycles. The Hall–Kier alpha value is -6.03. The van der Waals surface area contributed by atoms with Crippen molar-refractivity contribution >= 4 is 64.8 Å². The highest BCUT2D eigenvalue weighted by Crippen LogP contribution is 2.45. The maximum atomic E-state index is 5.19. The van der Waals surface area contributed by atoms with Crippen LogP contribution >= 0.6 is 11.3 Å². The van der Waals surface area contributed by atoms with E-state index in [9.17, 15) is 0 Å². The van der Waals surface area contributed by atoms with Crippen molar-refractivity contribution in [3.05, 3.63) is 169 Å². The quantitative estimate of drug-likeness (QED) is 0.177. The van der Waals surface area contributed by atoms with Crippen molar-refractivity contribution in [2.45, 2.75) is 0 Å². The van der Waals surface area contributed by atoms with Gasteiger partial charge in [0.1, 0.15) is 0 Å². The number of nitrogens with zero attached hydrogens (tertiary/aromatic N) is 2. The minimum atomic E-state index is 0.959. The number of aromatic nitrogens is 2. The maximum Gasteiger partial charge on any atom is 0.0715 e. The Bertz CT molecular complexity index is 2750. The largest absolute Gasteiger partial charge is 0.309 e. The van der Waals surface area contributed by atoms with Crippen molar-refractivity contribution in [1.82, 2.24) is 9.55 Å². The summed E-state index contributed by atoms with van der Waals surface area (Å²) >= 11 is 1.83. The summed E-state index contributed by atoms with van der Waals surface area (Å²) in [4.78, 5) is 5.19. The third-order valence-electron chi connectivity index (χ3n) is 9.64. The molecule has 3 heterocycles. The molecule has 3 heteroatoms. The van der Waals surface area contributed by atoms with Gasteiger partial charge in [-0.2, -0.15) is 0 Å². The van der Waals surface area contributed by atoms with Crippen LogP contribution in [-0.2, 0) is 0 Å². The van der Waals surface area contributed by atoms with Crippen molar-refractivity contribution in [3.63, 3.8) is 0 Å². The van der Waals surface area contributed by atoms with Gasteiger partial charge in [-0.3, -0.25) is 0 Å². The molecule has 224 valence electrons. The van der Waals surface area contributed by atoms with E-state index in [1.807, 2.05) is 17.4 Å². The summed E-state index contributed by atoms with van der Waals surface area (Å²) in [5, 5.41) is 11.3. The average molecular weight is 629 g/mol. The topological polar surface area (TPSA) is 17.8 Å². The number of pyridine rings is 1. The molecule has 0 aliphatic heterocycles. The molecule has 0 fully saturated rings. The fraction of sp³-hybridized carbons (Fsp3) is 0. The molecule has 7 aromatic carbocycles. The summed E-state index contributed by atoms with van der Waals surface area (Å²) in [6.45, 7) is 0. The third-order valence-corrected chi connectivity index (χ3v) is 10.6. The van der Waals surface area contributed by atoms with E-state index in [2.05, 4.69) is 168 Å². The number of benzene rings is 7. The number of rotatable bonds is 4. The van der Waals surface area contributed by atoms with Gasteiger partial charge in [-0.1, -0.05) is 127 Å². The van der Waals surface area contributed by atoms with Gasteiger partial charge < -0.3 is 4.57 Å². The van der Waals surface area contributed by atoms with Crippen molar-refractivity contribution in [3.8, 4) is 39.3 Å². The van der Waals surface area contributed by atoms with Crippen LogP contribution in [0.4, 0.5) is 0 Å². The zero-order valence-corrected chi connectivity index (χ0v) is 26.8. The molecule has 3 aromatic heterocycles. The van der Waals surface area contributed by atoms with Gasteiger partial charge in [-0.05, 0) is 74.5 Å². The molecule has 0 saturated carbocycles. The SMILES string of the molecule is c1ccc(-c2cc(-c3ccccc3)nc(-c3ccc(-n4c5ccc6ccsc6c5c5c6ccccc6c6ccccc6c54)cc3)c2)cc1. The summed E-state index contributed by atoms with van der Waals surface area (Å²) in [6.07, 6.45) is 0. The van der Waals surface area contributed by atoms with E-state index in [0.29, 0.717) is 0 Å². The minimum absolute atomic E-state index is 0.959. The summed E-state index contributed by atoms with van der Waals surface area (Å²) < 4.78 is 3.81. The lowest BCUT2D eigenvalue weighted by Gasteiger charge is -2.13. The first kappa shape index (κ1) is 27.1. The molecule has 0 unspecified atom stereocenters. The van der Waals surface area contributed by atoms with Gasteiger partial charge in [0, 0.05) is 37.7 Å². The number of thiophene rings is 1. The molecule has 0 saturated heterocycles. The zero-order valence-electron chi connectivity index (χ0n) is 26.0. The highest BCUT2D eigenvalue weighted by molar-refractivity contribution is 7.18. The highest BCUT2D eigenvalue weighted by Gasteiger charge is 2.21. The van der Waals surface area contributed by atoms with E-state index in [1.165, 1.54) is 59.0 Å². The Kier molecular flexibility index (Phi) is 6.08. The van der Waals surface area contributed by atoms with Crippen LogP contribution in [0.2, 0.25) is 0 Å². The Morgan fingerprint density at radius 2 is 1.02 bits per heavy atom. The first-order chi connectivity index (χ1) is 23.8. The van der Waals surface area contributed by atoms with Crippen LogP contribution in [0.5, 0.6) is 0 Å². The average Bonchev–Trinajstić information content (AvgIpc) is 3.79. The Morgan fingerprint density at radius 1 is 0.438 bits per heavy atom. The van der Waals surface area contributed by atoms with E-state index >= 15 is 0 Å². The lowest BCUT2D eigenvalue weighted by molar-refractivity contribution is 1.19. The van der Waals surface area contributed by atoms with E-state index < -0.39 is 0 Å². The molecule has 0 radical (unpaired) electrons. The molecule has 0 atom stereocenters. The van der Waals surface area contributed by atoms with Crippen LogP contribution in [0.3, 0.4) is 0 Å². The zero-order chi connectivity index (χ0) is 31.6. The van der Waals surface area contributed by atoms with E-state index in [4.69, 9.17) is 4.98 Å². The highest BCUT2D eigenvalue weighted by atomic mass is 32.1. The van der Waals surface area contributed by atoms with Crippen LogP contribution in [0.1, 0.15) is 0 Å². The second-order valence-corrected chi connectivity index (χ2v) is 13.3. The Morgan fingerprint density at radius 3 is 1.73 bits per heavy atom. The summed E-state index contributed by atoms with van der Waals surface area (Å²) in [7, 11) is 0.